The van der Waals surface area contributed by atoms with Crippen LogP contribution in [0.5, 0.6) is 0 Å². The lowest BCUT2D eigenvalue weighted by Crippen LogP contribution is -2.14. The predicted octanol–water partition coefficient (Wildman–Crippen LogP) is 9.74. The standard InChI is InChI=1S/C36H27N/c1-3-10-26(11-4-1)27-20-22-33(23-21-27)37(32-15-5-2-6-16-32)35-17-9-14-28-18-19-31-24-29-12-7-8-13-30(29)25-34(31)36(28)35/h1-17,20-25H,18-19H2. The van der Waals surface area contributed by atoms with Gasteiger partial charge in [0.25, 0.3) is 0 Å². The average Bonchev–Trinajstić information content (AvgIpc) is 2.97. The molecule has 1 heteroatoms. The number of hydrogen-bond donors (Lipinski definition) is 0. The summed E-state index contributed by atoms with van der Waals surface area (Å²) in [6.07, 6.45) is 2.14. The van der Waals surface area contributed by atoms with Gasteiger partial charge in [-0.3, -0.25) is 0 Å². The van der Waals surface area contributed by atoms with Gasteiger partial charge in [-0.2, -0.15) is 0 Å². The number of rotatable bonds is 4. The van der Waals surface area contributed by atoms with Crippen molar-refractivity contribution in [3.8, 4) is 22.3 Å². The molecular weight excluding hydrogens is 446 g/mol. The molecule has 0 spiro atoms. The van der Waals surface area contributed by atoms with E-state index in [1.807, 2.05) is 0 Å². The van der Waals surface area contributed by atoms with Gasteiger partial charge in [0.1, 0.15) is 0 Å². The van der Waals surface area contributed by atoms with E-state index in [9.17, 15) is 0 Å². The maximum Gasteiger partial charge on any atom is 0.0542 e. The number of benzene rings is 6. The lowest BCUT2D eigenvalue weighted by molar-refractivity contribution is 0.943. The van der Waals surface area contributed by atoms with E-state index in [-0.39, 0.29) is 0 Å². The van der Waals surface area contributed by atoms with Crippen LogP contribution in [0, 0.1) is 0 Å². The van der Waals surface area contributed by atoms with Crippen LogP contribution in [0.15, 0.2) is 140 Å². The molecule has 6 aromatic carbocycles. The Labute approximate surface area is 218 Å². The van der Waals surface area contributed by atoms with Crippen LogP contribution in [0.1, 0.15) is 11.1 Å². The van der Waals surface area contributed by atoms with Crippen molar-refractivity contribution in [1.82, 2.24) is 0 Å². The first kappa shape index (κ1) is 21.6. The van der Waals surface area contributed by atoms with Crippen LogP contribution >= 0.6 is 0 Å². The minimum Gasteiger partial charge on any atom is -0.310 e. The van der Waals surface area contributed by atoms with Crippen molar-refractivity contribution in [3.63, 3.8) is 0 Å². The normalized spacial score (nSPS) is 12.1. The molecule has 0 radical (unpaired) electrons. The van der Waals surface area contributed by atoms with Gasteiger partial charge in [-0.15, -0.1) is 0 Å². The Morgan fingerprint density at radius 3 is 1.78 bits per heavy atom. The van der Waals surface area contributed by atoms with Gasteiger partial charge >= 0.3 is 0 Å². The molecule has 0 aromatic heterocycles. The highest BCUT2D eigenvalue weighted by Gasteiger charge is 2.24. The van der Waals surface area contributed by atoms with Gasteiger partial charge in [0.2, 0.25) is 0 Å². The zero-order chi connectivity index (χ0) is 24.6. The van der Waals surface area contributed by atoms with E-state index in [4.69, 9.17) is 0 Å². The van der Waals surface area contributed by atoms with Crippen molar-refractivity contribution in [1.29, 1.82) is 0 Å². The maximum absolute atomic E-state index is 2.41. The first-order chi connectivity index (χ1) is 18.3. The highest BCUT2D eigenvalue weighted by Crippen LogP contribution is 2.46. The van der Waals surface area contributed by atoms with Crippen LogP contribution in [0.25, 0.3) is 33.0 Å². The molecule has 1 nitrogen and oxygen atoms in total. The number of aryl methyl sites for hydroxylation is 2. The van der Waals surface area contributed by atoms with E-state index in [1.54, 1.807) is 0 Å². The molecular formula is C36H27N. The van der Waals surface area contributed by atoms with E-state index in [0.717, 1.165) is 24.2 Å². The van der Waals surface area contributed by atoms with Gasteiger partial charge in [0.05, 0.1) is 5.69 Å². The summed E-state index contributed by atoms with van der Waals surface area (Å²) in [5, 5.41) is 2.61. The van der Waals surface area contributed by atoms with Crippen LogP contribution in [-0.2, 0) is 12.8 Å². The zero-order valence-electron chi connectivity index (χ0n) is 20.6. The van der Waals surface area contributed by atoms with Crippen molar-refractivity contribution < 1.29 is 0 Å². The van der Waals surface area contributed by atoms with Gasteiger partial charge in [0, 0.05) is 16.9 Å². The quantitative estimate of drug-likeness (QED) is 0.246. The molecule has 0 heterocycles. The number of para-hydroxylation sites is 1. The lowest BCUT2D eigenvalue weighted by Gasteiger charge is -2.31. The van der Waals surface area contributed by atoms with Crippen LogP contribution in [0.2, 0.25) is 0 Å². The van der Waals surface area contributed by atoms with E-state index < -0.39 is 0 Å². The number of hydrogen-bond acceptors (Lipinski definition) is 1. The molecule has 1 aliphatic carbocycles. The summed E-state index contributed by atoms with van der Waals surface area (Å²) in [4.78, 5) is 2.41. The fraction of sp³-hybridized carbons (Fsp3) is 0.0556. The SMILES string of the molecule is c1ccc(-c2ccc(N(c3ccccc3)c3cccc4c3-c3cc5ccccc5cc3CC4)cc2)cc1. The average molecular weight is 474 g/mol. The van der Waals surface area contributed by atoms with Crippen molar-refractivity contribution >= 4 is 27.8 Å². The molecule has 7 rings (SSSR count). The second-order valence-corrected chi connectivity index (χ2v) is 9.75. The summed E-state index contributed by atoms with van der Waals surface area (Å²) in [6, 6.07) is 50.6. The Hall–Kier alpha value is -4.62. The summed E-state index contributed by atoms with van der Waals surface area (Å²) in [7, 11) is 0. The van der Waals surface area contributed by atoms with E-state index in [0.29, 0.717) is 0 Å². The van der Waals surface area contributed by atoms with Crippen molar-refractivity contribution in [2.75, 3.05) is 4.90 Å². The van der Waals surface area contributed by atoms with Crippen LogP contribution in [0.4, 0.5) is 17.1 Å². The van der Waals surface area contributed by atoms with Gasteiger partial charge in [-0.25, -0.2) is 0 Å². The summed E-state index contributed by atoms with van der Waals surface area (Å²) in [5.41, 5.74) is 11.6. The molecule has 0 N–H and O–H groups in total. The fourth-order valence-electron chi connectivity index (χ4n) is 5.73. The molecule has 0 aliphatic heterocycles. The van der Waals surface area contributed by atoms with Crippen LogP contribution in [-0.4, -0.2) is 0 Å². The van der Waals surface area contributed by atoms with Crippen molar-refractivity contribution in [3.05, 3.63) is 151 Å². The molecule has 176 valence electrons. The monoisotopic (exact) mass is 473 g/mol. The van der Waals surface area contributed by atoms with E-state index >= 15 is 0 Å². The third-order valence-corrected chi connectivity index (χ3v) is 7.52. The van der Waals surface area contributed by atoms with E-state index in [1.165, 1.54) is 49.8 Å². The lowest BCUT2D eigenvalue weighted by atomic mass is 9.83. The Morgan fingerprint density at radius 2 is 1.03 bits per heavy atom. The molecule has 0 fully saturated rings. The molecule has 6 aromatic rings. The van der Waals surface area contributed by atoms with Crippen molar-refractivity contribution in [2.24, 2.45) is 0 Å². The van der Waals surface area contributed by atoms with Gasteiger partial charge < -0.3 is 4.90 Å². The van der Waals surface area contributed by atoms with Gasteiger partial charge in [-0.1, -0.05) is 103 Å². The zero-order valence-corrected chi connectivity index (χ0v) is 20.6. The first-order valence-electron chi connectivity index (χ1n) is 13.0. The molecule has 0 amide bonds. The predicted molar refractivity (Wildman–Crippen MR) is 157 cm³/mol. The Balaban J connectivity index is 1.42. The topological polar surface area (TPSA) is 3.24 Å². The third-order valence-electron chi connectivity index (χ3n) is 7.52. The first-order valence-corrected chi connectivity index (χ1v) is 13.0. The second-order valence-electron chi connectivity index (χ2n) is 9.75. The summed E-state index contributed by atoms with van der Waals surface area (Å²) in [5.74, 6) is 0. The maximum atomic E-state index is 2.41. The summed E-state index contributed by atoms with van der Waals surface area (Å²) in [6.45, 7) is 0. The highest BCUT2D eigenvalue weighted by atomic mass is 15.1. The molecule has 0 saturated heterocycles. The van der Waals surface area contributed by atoms with Gasteiger partial charge in [-0.05, 0) is 87.8 Å². The Bertz CT molecular complexity index is 1700. The molecule has 0 unspecified atom stereocenters. The molecule has 0 atom stereocenters. The molecule has 0 saturated carbocycles. The fourth-order valence-corrected chi connectivity index (χ4v) is 5.73. The molecule has 37 heavy (non-hydrogen) atoms. The second kappa shape index (κ2) is 9.11. The number of fused-ring (bicyclic) bond motifs is 4. The molecule has 1 aliphatic rings. The number of nitrogens with zero attached hydrogens (tertiary/aromatic N) is 1. The van der Waals surface area contributed by atoms with Crippen LogP contribution in [0.3, 0.4) is 0 Å². The van der Waals surface area contributed by atoms with Gasteiger partial charge in [0.15, 0.2) is 0 Å². The minimum absolute atomic E-state index is 1.06. The molecule has 0 bridgehead atoms. The third kappa shape index (κ3) is 3.90. The van der Waals surface area contributed by atoms with E-state index in [2.05, 4.69) is 144 Å². The smallest absolute Gasteiger partial charge is 0.0542 e. The largest absolute Gasteiger partial charge is 0.310 e. The minimum atomic E-state index is 1.06. The summed E-state index contributed by atoms with van der Waals surface area (Å²) < 4.78 is 0. The Morgan fingerprint density at radius 1 is 0.432 bits per heavy atom. The number of anilines is 3. The Kier molecular flexibility index (Phi) is 5.33. The highest BCUT2D eigenvalue weighted by molar-refractivity contribution is 5.96. The van der Waals surface area contributed by atoms with Crippen molar-refractivity contribution in [2.45, 2.75) is 12.8 Å². The summed E-state index contributed by atoms with van der Waals surface area (Å²) >= 11 is 0. The van der Waals surface area contributed by atoms with Crippen LogP contribution < -0.4 is 4.90 Å².